The third-order valence-electron chi connectivity index (χ3n) is 10.4. The Balaban J connectivity index is 1.29. The van der Waals surface area contributed by atoms with Crippen molar-refractivity contribution in [1.29, 1.82) is 0 Å². The number of benzene rings is 1. The SMILES string of the molecule is CC(=O)c1nn2c3c(cc(-c4cnc(C)cn4)cc13)CC=CCCCC(=O)NC[C@@]13C[C@@H](C(=O)Cc4nc(C(F)(F)F)ccc4C)N(C(=O)C2)[C@@H]1C3. The topological polar surface area (TPSA) is 140 Å². The van der Waals surface area contributed by atoms with E-state index in [0.29, 0.717) is 54.3 Å². The summed E-state index contributed by atoms with van der Waals surface area (Å²) in [6.45, 7) is 4.83. The van der Waals surface area contributed by atoms with E-state index in [2.05, 4.69) is 25.4 Å². The van der Waals surface area contributed by atoms with Gasteiger partial charge in [-0.05, 0) is 75.3 Å². The van der Waals surface area contributed by atoms with Crippen LogP contribution in [-0.2, 0) is 39.9 Å². The molecule has 270 valence electrons. The number of carbonyl (C=O) groups excluding carboxylic acids is 4. The van der Waals surface area contributed by atoms with Crippen LogP contribution in [0.2, 0.25) is 0 Å². The number of hydrogen-bond acceptors (Lipinski definition) is 8. The Kier molecular flexibility index (Phi) is 9.04. The summed E-state index contributed by atoms with van der Waals surface area (Å²) in [6.07, 6.45) is 5.09. The highest BCUT2D eigenvalue weighted by Gasteiger charge is 2.66. The van der Waals surface area contributed by atoms with Gasteiger partial charge in [-0.15, -0.1) is 0 Å². The van der Waals surface area contributed by atoms with Gasteiger partial charge < -0.3 is 10.2 Å². The zero-order valence-electron chi connectivity index (χ0n) is 29.1. The molecule has 0 spiro atoms. The number of amides is 2. The van der Waals surface area contributed by atoms with E-state index >= 15 is 0 Å². The molecule has 4 aromatic rings. The van der Waals surface area contributed by atoms with E-state index < -0.39 is 35.0 Å². The van der Waals surface area contributed by atoms with Crippen molar-refractivity contribution >= 4 is 34.3 Å². The van der Waals surface area contributed by atoms with E-state index in [4.69, 9.17) is 0 Å². The minimum absolute atomic E-state index is 0.000504. The number of nitrogens with zero attached hydrogens (tertiary/aromatic N) is 6. The molecule has 1 saturated heterocycles. The number of aromatic nitrogens is 5. The highest BCUT2D eigenvalue weighted by molar-refractivity contribution is 6.07. The molecular formula is C38H38F3N7O4. The third kappa shape index (κ3) is 6.73. The Morgan fingerprint density at radius 1 is 1.06 bits per heavy atom. The Bertz CT molecular complexity index is 2140. The van der Waals surface area contributed by atoms with Crippen LogP contribution in [0.15, 0.2) is 48.8 Å². The van der Waals surface area contributed by atoms with Crippen LogP contribution in [0, 0.1) is 19.3 Å². The second kappa shape index (κ2) is 13.4. The summed E-state index contributed by atoms with van der Waals surface area (Å²) in [7, 11) is 0. The van der Waals surface area contributed by atoms with Crippen LogP contribution in [-0.4, -0.2) is 71.6 Å². The van der Waals surface area contributed by atoms with Gasteiger partial charge in [-0.1, -0.05) is 18.2 Å². The molecule has 11 nitrogen and oxygen atoms in total. The maximum absolute atomic E-state index is 14.4. The number of Topliss-reactive ketones (excluding diaryl/α,β-unsaturated/α-hetero) is 2. The van der Waals surface area contributed by atoms with Crippen molar-refractivity contribution in [3.8, 4) is 11.3 Å². The molecular weight excluding hydrogens is 675 g/mol. The molecule has 3 aliphatic rings. The van der Waals surface area contributed by atoms with Gasteiger partial charge in [0.1, 0.15) is 17.9 Å². The molecule has 2 bridgehead atoms. The first-order valence-electron chi connectivity index (χ1n) is 17.4. The molecule has 52 heavy (non-hydrogen) atoms. The van der Waals surface area contributed by atoms with Gasteiger partial charge in [-0.25, -0.2) is 4.98 Å². The van der Waals surface area contributed by atoms with Crippen molar-refractivity contribution in [3.63, 3.8) is 0 Å². The monoisotopic (exact) mass is 713 g/mol. The molecule has 7 rings (SSSR count). The fraction of sp³-hybridized carbons (Fsp3) is 0.421. The van der Waals surface area contributed by atoms with Crippen molar-refractivity contribution < 1.29 is 32.3 Å². The standard InChI is InChI=1S/C38H38F3N7O4/c1-21-10-11-31(38(39,40)41)45-27(21)14-30(50)29-15-37-16-32(37)48(29)34(52)19-47-36-24(8-6-4-5-7-9-33(51)44-20-37)12-25(28-18-42-22(2)17-43-28)13-26(36)35(46-47)23(3)49/h4,6,10-13,17-18,29,32H,5,7-9,14-16,19-20H2,1-3H3,(H,44,51)/t29-,32+,37-/m0/s1. The summed E-state index contributed by atoms with van der Waals surface area (Å²) >= 11 is 0. The van der Waals surface area contributed by atoms with E-state index in [9.17, 15) is 32.3 Å². The minimum Gasteiger partial charge on any atom is -0.355 e. The summed E-state index contributed by atoms with van der Waals surface area (Å²) in [6, 6.07) is 4.64. The maximum Gasteiger partial charge on any atom is 0.433 e. The first kappa shape index (κ1) is 35.1. The number of aryl methyl sites for hydroxylation is 2. The predicted molar refractivity (Wildman–Crippen MR) is 184 cm³/mol. The largest absolute Gasteiger partial charge is 0.433 e. The van der Waals surface area contributed by atoms with Crippen LogP contribution in [0.3, 0.4) is 0 Å². The Hall–Kier alpha value is -5.27. The Morgan fingerprint density at radius 3 is 2.60 bits per heavy atom. The number of hydrogen-bond donors (Lipinski definition) is 1. The predicted octanol–water partition coefficient (Wildman–Crippen LogP) is 5.30. The molecule has 1 N–H and O–H groups in total. The Labute approximate surface area is 297 Å². The van der Waals surface area contributed by atoms with Gasteiger partial charge in [0.25, 0.3) is 0 Å². The maximum atomic E-state index is 14.4. The zero-order valence-corrected chi connectivity index (χ0v) is 29.1. The van der Waals surface area contributed by atoms with Gasteiger partial charge in [0.2, 0.25) is 11.8 Å². The third-order valence-corrected chi connectivity index (χ3v) is 10.4. The number of nitrogens with one attached hydrogen (secondary N) is 1. The lowest BCUT2D eigenvalue weighted by Crippen LogP contribution is -2.45. The number of alkyl halides is 3. The lowest BCUT2D eigenvalue weighted by Gasteiger charge is -2.27. The average molecular weight is 714 g/mol. The second-order valence-electron chi connectivity index (χ2n) is 14.2. The van der Waals surface area contributed by atoms with Crippen molar-refractivity contribution in [2.24, 2.45) is 5.41 Å². The number of rotatable bonds is 5. The lowest BCUT2D eigenvalue weighted by molar-refractivity contribution is -0.141. The molecule has 0 radical (unpaired) electrons. The van der Waals surface area contributed by atoms with Crippen LogP contribution in [0.1, 0.15) is 77.7 Å². The molecule has 3 aromatic heterocycles. The van der Waals surface area contributed by atoms with E-state index in [1.165, 1.54) is 22.6 Å². The molecule has 1 aliphatic carbocycles. The highest BCUT2D eigenvalue weighted by atomic mass is 19.4. The van der Waals surface area contributed by atoms with E-state index in [-0.39, 0.29) is 55.1 Å². The van der Waals surface area contributed by atoms with Crippen molar-refractivity contribution in [2.45, 2.75) is 90.5 Å². The van der Waals surface area contributed by atoms with Gasteiger partial charge >= 0.3 is 6.18 Å². The number of carbonyl (C=O) groups is 4. The van der Waals surface area contributed by atoms with Crippen molar-refractivity contribution in [1.82, 2.24) is 34.9 Å². The molecule has 14 heteroatoms. The molecule has 0 unspecified atom stereocenters. The zero-order chi connectivity index (χ0) is 36.9. The van der Waals surface area contributed by atoms with Gasteiger partial charge in [-0.3, -0.25) is 33.8 Å². The summed E-state index contributed by atoms with van der Waals surface area (Å²) < 4.78 is 42.1. The van der Waals surface area contributed by atoms with Crippen molar-refractivity contribution in [2.75, 3.05) is 6.54 Å². The fourth-order valence-corrected chi connectivity index (χ4v) is 7.61. The summed E-state index contributed by atoms with van der Waals surface area (Å²) in [5.74, 6) is -1.26. The number of piperidine rings is 1. The van der Waals surface area contributed by atoms with Crippen molar-refractivity contribution in [3.05, 3.63) is 82.7 Å². The molecule has 1 aromatic carbocycles. The van der Waals surface area contributed by atoms with E-state index in [0.717, 1.165) is 22.9 Å². The Morgan fingerprint density at radius 2 is 1.87 bits per heavy atom. The molecule has 2 fully saturated rings. The smallest absolute Gasteiger partial charge is 0.355 e. The summed E-state index contributed by atoms with van der Waals surface area (Å²) in [4.78, 5) is 68.5. The number of halogens is 3. The molecule has 1 saturated carbocycles. The fourth-order valence-electron chi connectivity index (χ4n) is 7.61. The van der Waals surface area contributed by atoms with Crippen LogP contribution >= 0.6 is 0 Å². The first-order valence-corrected chi connectivity index (χ1v) is 17.4. The first-order chi connectivity index (χ1) is 24.7. The normalized spacial score (nSPS) is 22.2. The molecule has 2 amide bonds. The quantitative estimate of drug-likeness (QED) is 0.217. The number of pyridine rings is 1. The summed E-state index contributed by atoms with van der Waals surface area (Å²) in [5.41, 5.74) is 2.47. The minimum atomic E-state index is -4.68. The number of ketones is 2. The van der Waals surface area contributed by atoms with Gasteiger partial charge in [-0.2, -0.15) is 18.3 Å². The van der Waals surface area contributed by atoms with Crippen LogP contribution in [0.25, 0.3) is 22.2 Å². The molecule has 3 atom stereocenters. The van der Waals surface area contributed by atoms with Gasteiger partial charge in [0.05, 0.1) is 41.3 Å². The van der Waals surface area contributed by atoms with E-state index in [1.807, 2.05) is 31.2 Å². The lowest BCUT2D eigenvalue weighted by atomic mass is 9.94. The average Bonchev–Trinajstić information content (AvgIpc) is 3.50. The van der Waals surface area contributed by atoms with Crippen LogP contribution in [0.4, 0.5) is 13.2 Å². The van der Waals surface area contributed by atoms with E-state index in [1.54, 1.807) is 19.3 Å². The highest BCUT2D eigenvalue weighted by Crippen LogP contribution is 2.59. The van der Waals surface area contributed by atoms with Gasteiger partial charge in [0.15, 0.2) is 11.6 Å². The van der Waals surface area contributed by atoms with Gasteiger partial charge in [0, 0.05) is 48.5 Å². The van der Waals surface area contributed by atoms with Crippen LogP contribution < -0.4 is 5.32 Å². The second-order valence-corrected chi connectivity index (χ2v) is 14.2. The molecule has 5 heterocycles. The number of allylic oxidation sites excluding steroid dienone is 2. The molecule has 2 aliphatic heterocycles. The van der Waals surface area contributed by atoms with Crippen LogP contribution in [0.5, 0.6) is 0 Å². The summed E-state index contributed by atoms with van der Waals surface area (Å²) in [5, 5.41) is 8.20.